The molecule has 0 saturated heterocycles. The Kier molecular flexibility index (Phi) is 5.40. The van der Waals surface area contributed by atoms with Gasteiger partial charge in [0.05, 0.1) is 17.8 Å². The van der Waals surface area contributed by atoms with Crippen molar-refractivity contribution in [2.45, 2.75) is 10.8 Å². The van der Waals surface area contributed by atoms with Gasteiger partial charge in [-0.2, -0.15) is 0 Å². The zero-order valence-corrected chi connectivity index (χ0v) is 14.9. The molecule has 7 heteroatoms. The zero-order valence-electron chi connectivity index (χ0n) is 13.3. The first-order valence-corrected chi connectivity index (χ1v) is 8.74. The molecule has 0 N–H and O–H groups in total. The summed E-state index contributed by atoms with van der Waals surface area (Å²) < 4.78 is 20.3. The van der Waals surface area contributed by atoms with Crippen LogP contribution < -0.4 is 10.3 Å². The molecular formula is C18H14ClFN2O2S. The molecule has 0 spiro atoms. The minimum Gasteiger partial charge on any atom is -0.495 e. The third kappa shape index (κ3) is 3.86. The van der Waals surface area contributed by atoms with Gasteiger partial charge >= 0.3 is 0 Å². The molecule has 4 nitrogen and oxygen atoms in total. The summed E-state index contributed by atoms with van der Waals surface area (Å²) in [5.74, 6) is 0.553. The Morgan fingerprint density at radius 2 is 2.08 bits per heavy atom. The molecule has 1 aromatic heterocycles. The molecule has 0 bridgehead atoms. The highest BCUT2D eigenvalue weighted by Gasteiger charge is 2.10. The summed E-state index contributed by atoms with van der Waals surface area (Å²) in [6.45, 7) is 0. The maximum Gasteiger partial charge on any atom is 0.287 e. The lowest BCUT2D eigenvalue weighted by Crippen LogP contribution is -2.20. The van der Waals surface area contributed by atoms with Crippen molar-refractivity contribution >= 4 is 23.4 Å². The summed E-state index contributed by atoms with van der Waals surface area (Å²) in [5.41, 5.74) is 0.840. The molecule has 1 heterocycles. The van der Waals surface area contributed by atoms with E-state index in [0.717, 1.165) is 0 Å². The van der Waals surface area contributed by atoms with Gasteiger partial charge in [-0.3, -0.25) is 9.36 Å². The zero-order chi connectivity index (χ0) is 17.8. The van der Waals surface area contributed by atoms with Crippen LogP contribution in [0.5, 0.6) is 5.75 Å². The van der Waals surface area contributed by atoms with E-state index in [1.807, 2.05) is 0 Å². The number of benzene rings is 2. The highest BCUT2D eigenvalue weighted by atomic mass is 35.5. The van der Waals surface area contributed by atoms with Gasteiger partial charge in [0.25, 0.3) is 5.56 Å². The summed E-state index contributed by atoms with van der Waals surface area (Å²) in [4.78, 5) is 16.8. The lowest BCUT2D eigenvalue weighted by atomic mass is 10.2. The predicted molar refractivity (Wildman–Crippen MR) is 97.4 cm³/mol. The fraction of sp³-hybridized carbons (Fsp3) is 0.111. The van der Waals surface area contributed by atoms with Gasteiger partial charge in [0.2, 0.25) is 0 Å². The number of hydrogen-bond donors (Lipinski definition) is 0. The van der Waals surface area contributed by atoms with Crippen LogP contribution in [0.2, 0.25) is 5.02 Å². The number of ether oxygens (including phenoxy) is 1. The summed E-state index contributed by atoms with van der Waals surface area (Å²) in [7, 11) is 1.52. The van der Waals surface area contributed by atoms with E-state index in [0.29, 0.717) is 27.8 Å². The number of nitrogens with zero attached hydrogens (tertiary/aromatic N) is 2. The number of halogens is 2. The Morgan fingerprint density at radius 1 is 1.28 bits per heavy atom. The normalized spacial score (nSPS) is 10.7. The number of hydrogen-bond acceptors (Lipinski definition) is 4. The highest BCUT2D eigenvalue weighted by Crippen LogP contribution is 2.26. The van der Waals surface area contributed by atoms with Gasteiger partial charge in [-0.15, -0.1) is 0 Å². The first-order chi connectivity index (χ1) is 12.1. The van der Waals surface area contributed by atoms with Crippen molar-refractivity contribution in [1.82, 2.24) is 9.55 Å². The second kappa shape index (κ2) is 7.72. The van der Waals surface area contributed by atoms with Gasteiger partial charge in [0.1, 0.15) is 11.6 Å². The van der Waals surface area contributed by atoms with Crippen molar-refractivity contribution in [3.63, 3.8) is 0 Å². The van der Waals surface area contributed by atoms with E-state index in [4.69, 9.17) is 16.3 Å². The molecule has 2 aromatic carbocycles. The quantitative estimate of drug-likeness (QED) is 0.622. The van der Waals surface area contributed by atoms with Gasteiger partial charge in [0.15, 0.2) is 5.03 Å². The van der Waals surface area contributed by atoms with Crippen molar-refractivity contribution in [3.05, 3.63) is 81.6 Å². The Bertz CT molecular complexity index is 962. The van der Waals surface area contributed by atoms with E-state index in [9.17, 15) is 9.18 Å². The summed E-state index contributed by atoms with van der Waals surface area (Å²) >= 11 is 7.32. The van der Waals surface area contributed by atoms with E-state index < -0.39 is 0 Å². The largest absolute Gasteiger partial charge is 0.495 e. The van der Waals surface area contributed by atoms with Crippen molar-refractivity contribution < 1.29 is 9.13 Å². The molecule has 0 unspecified atom stereocenters. The Hall–Kier alpha value is -2.31. The molecule has 128 valence electrons. The van der Waals surface area contributed by atoms with Gasteiger partial charge in [-0.1, -0.05) is 41.6 Å². The van der Waals surface area contributed by atoms with Crippen molar-refractivity contribution in [3.8, 4) is 11.4 Å². The topological polar surface area (TPSA) is 44.1 Å². The molecule has 3 rings (SSSR count). The van der Waals surface area contributed by atoms with Crippen LogP contribution in [-0.2, 0) is 5.75 Å². The van der Waals surface area contributed by atoms with Gasteiger partial charge < -0.3 is 4.74 Å². The second-order valence-electron chi connectivity index (χ2n) is 5.11. The molecule has 25 heavy (non-hydrogen) atoms. The molecule has 3 aromatic rings. The first-order valence-electron chi connectivity index (χ1n) is 7.38. The lowest BCUT2D eigenvalue weighted by molar-refractivity contribution is 0.415. The molecular weight excluding hydrogens is 363 g/mol. The van der Waals surface area contributed by atoms with Crippen molar-refractivity contribution in [2.24, 2.45) is 0 Å². The predicted octanol–water partition coefficient (Wildman–Crippen LogP) is 4.33. The molecule has 0 aliphatic heterocycles. The number of thioether (sulfide) groups is 1. The minimum absolute atomic E-state index is 0.287. The maximum atomic E-state index is 13.7. The monoisotopic (exact) mass is 376 g/mol. The van der Waals surface area contributed by atoms with Crippen LogP contribution in [-0.4, -0.2) is 16.7 Å². The molecule has 0 atom stereocenters. The maximum absolute atomic E-state index is 13.7. The van der Waals surface area contributed by atoms with E-state index in [1.165, 1.54) is 35.7 Å². The van der Waals surface area contributed by atoms with Crippen LogP contribution in [0, 0.1) is 5.82 Å². The molecule has 0 radical (unpaired) electrons. The molecule has 0 saturated carbocycles. The summed E-state index contributed by atoms with van der Waals surface area (Å²) in [5, 5.41) is 0.696. The third-order valence-corrected chi connectivity index (χ3v) is 4.85. The third-order valence-electron chi connectivity index (χ3n) is 3.55. The van der Waals surface area contributed by atoms with E-state index in [-0.39, 0.29) is 16.4 Å². The lowest BCUT2D eigenvalue weighted by Gasteiger charge is -2.10. The van der Waals surface area contributed by atoms with Crippen molar-refractivity contribution in [2.75, 3.05) is 7.11 Å². The van der Waals surface area contributed by atoms with E-state index in [1.54, 1.807) is 42.6 Å². The van der Waals surface area contributed by atoms with Crippen molar-refractivity contribution in [1.29, 1.82) is 0 Å². The van der Waals surface area contributed by atoms with Crippen LogP contribution in [0.25, 0.3) is 5.69 Å². The minimum atomic E-state index is -0.298. The average Bonchev–Trinajstić information content (AvgIpc) is 2.62. The standard InChI is InChI=1S/C18H14ClFN2O2S/c1-24-16-7-6-13(10-14(16)19)22-9-8-21-17(18(22)23)25-11-12-4-2-3-5-15(12)20/h2-10H,11H2,1H3. The average molecular weight is 377 g/mol. The number of aromatic nitrogens is 2. The van der Waals surface area contributed by atoms with Crippen LogP contribution >= 0.6 is 23.4 Å². The fourth-order valence-electron chi connectivity index (χ4n) is 2.26. The van der Waals surface area contributed by atoms with Crippen LogP contribution in [0.4, 0.5) is 4.39 Å². The summed E-state index contributed by atoms with van der Waals surface area (Å²) in [6, 6.07) is 11.5. The smallest absolute Gasteiger partial charge is 0.287 e. The molecule has 0 amide bonds. The molecule has 0 aliphatic rings. The van der Waals surface area contributed by atoms with Gasteiger partial charge in [-0.25, -0.2) is 9.37 Å². The van der Waals surface area contributed by atoms with Gasteiger partial charge in [-0.05, 0) is 29.8 Å². The van der Waals surface area contributed by atoms with Crippen LogP contribution in [0.3, 0.4) is 0 Å². The molecule has 0 aliphatic carbocycles. The Labute approximate surface area is 153 Å². The van der Waals surface area contributed by atoms with Crippen LogP contribution in [0.15, 0.2) is 64.7 Å². The van der Waals surface area contributed by atoms with E-state index >= 15 is 0 Å². The second-order valence-corrected chi connectivity index (χ2v) is 6.48. The molecule has 0 fully saturated rings. The Morgan fingerprint density at radius 3 is 2.80 bits per heavy atom. The summed E-state index contributed by atoms with van der Waals surface area (Å²) in [6.07, 6.45) is 3.09. The van der Waals surface area contributed by atoms with Crippen LogP contribution in [0.1, 0.15) is 5.56 Å². The highest BCUT2D eigenvalue weighted by molar-refractivity contribution is 7.98. The fourth-order valence-corrected chi connectivity index (χ4v) is 3.40. The number of rotatable bonds is 5. The number of methoxy groups -OCH3 is 1. The van der Waals surface area contributed by atoms with E-state index in [2.05, 4.69) is 4.98 Å². The van der Waals surface area contributed by atoms with Gasteiger partial charge in [0, 0.05) is 18.1 Å². The Balaban J connectivity index is 1.89. The first kappa shape index (κ1) is 17.5. The SMILES string of the molecule is COc1ccc(-n2ccnc(SCc3ccccc3F)c2=O)cc1Cl.